The molecule has 0 atom stereocenters. The molecule has 4 rings (SSSR count). The second-order valence-electron chi connectivity index (χ2n) is 4.46. The van der Waals surface area contributed by atoms with Gasteiger partial charge < -0.3 is 5.11 Å². The summed E-state index contributed by atoms with van der Waals surface area (Å²) in [4.78, 5) is 20.9. The van der Waals surface area contributed by atoms with Crippen LogP contribution in [0.1, 0.15) is 6.42 Å². The zero-order valence-electron chi connectivity index (χ0n) is 9.34. The third kappa shape index (κ3) is 1.07. The van der Waals surface area contributed by atoms with Gasteiger partial charge in [0, 0.05) is 17.9 Å². The molecule has 3 aliphatic rings. The number of nitrogens with zero attached hydrogens (tertiary/aromatic N) is 2. The molecule has 4 nitrogen and oxygen atoms in total. The van der Waals surface area contributed by atoms with Gasteiger partial charge >= 0.3 is 0 Å². The molecule has 0 unspecified atom stereocenters. The molecule has 0 saturated heterocycles. The fourth-order valence-corrected chi connectivity index (χ4v) is 2.56. The maximum atomic E-state index is 12.2. The number of phenols is 1. The average Bonchev–Trinajstić information content (AvgIpc) is 2.91. The summed E-state index contributed by atoms with van der Waals surface area (Å²) < 4.78 is 0. The molecule has 4 heteroatoms. The molecule has 0 aromatic heterocycles. The van der Waals surface area contributed by atoms with E-state index in [1.807, 2.05) is 6.08 Å². The van der Waals surface area contributed by atoms with E-state index in [9.17, 15) is 9.90 Å². The van der Waals surface area contributed by atoms with Gasteiger partial charge in [0.1, 0.15) is 11.4 Å². The summed E-state index contributed by atoms with van der Waals surface area (Å²) in [5.41, 5.74) is 2.96. The molecule has 2 heterocycles. The predicted molar refractivity (Wildman–Crippen MR) is 65.5 cm³/mol. The van der Waals surface area contributed by atoms with E-state index < -0.39 is 0 Å². The Bertz CT molecular complexity index is 826. The van der Waals surface area contributed by atoms with Crippen LogP contribution in [0.2, 0.25) is 0 Å². The van der Waals surface area contributed by atoms with Gasteiger partial charge in [0.15, 0.2) is 5.78 Å². The number of aliphatic imine (C=N–C) groups is 1. The molecule has 0 amide bonds. The number of Topliss-reactive ketones (excluding diaryl/α,β-unsaturated/α-hetero) is 1. The van der Waals surface area contributed by atoms with Crippen LogP contribution in [0.4, 0.5) is 0 Å². The van der Waals surface area contributed by atoms with Crippen molar-refractivity contribution < 1.29 is 9.90 Å². The van der Waals surface area contributed by atoms with Gasteiger partial charge in [0.25, 0.3) is 0 Å². The van der Waals surface area contributed by atoms with Gasteiger partial charge in [-0.3, -0.25) is 9.79 Å². The molecule has 0 fully saturated rings. The average molecular weight is 236 g/mol. The summed E-state index contributed by atoms with van der Waals surface area (Å²) in [6, 6.07) is 4.89. The Hall–Kier alpha value is -2.49. The van der Waals surface area contributed by atoms with Crippen molar-refractivity contribution >= 4 is 17.6 Å². The molecule has 2 aliphatic heterocycles. The highest BCUT2D eigenvalue weighted by atomic mass is 16.3. The van der Waals surface area contributed by atoms with Gasteiger partial charge in [-0.25, -0.2) is 4.99 Å². The topological polar surface area (TPSA) is 62.0 Å². The monoisotopic (exact) mass is 236 g/mol. The number of aromatic hydroxyl groups is 1. The van der Waals surface area contributed by atoms with Crippen LogP contribution in [0.15, 0.2) is 51.2 Å². The summed E-state index contributed by atoms with van der Waals surface area (Å²) in [6.07, 6.45) is 3.91. The first-order chi connectivity index (χ1) is 8.74. The molecule has 1 aromatic carbocycles. The lowest BCUT2D eigenvalue weighted by Crippen LogP contribution is -2.25. The smallest absolute Gasteiger partial charge is 0.170 e. The fourth-order valence-electron chi connectivity index (χ4n) is 2.56. The van der Waals surface area contributed by atoms with Crippen molar-refractivity contribution in [2.75, 3.05) is 0 Å². The number of phenolic OH excluding ortho intramolecular Hbond substituents is 1. The van der Waals surface area contributed by atoms with Gasteiger partial charge in [-0.2, -0.15) is 0 Å². The molecular formula is C14H8N2O2. The van der Waals surface area contributed by atoms with Crippen molar-refractivity contribution in [1.82, 2.24) is 0 Å². The van der Waals surface area contributed by atoms with E-state index >= 15 is 0 Å². The van der Waals surface area contributed by atoms with Crippen molar-refractivity contribution in [3.8, 4) is 5.75 Å². The van der Waals surface area contributed by atoms with Crippen LogP contribution in [0, 0.1) is 0 Å². The van der Waals surface area contributed by atoms with Crippen LogP contribution in [-0.4, -0.2) is 17.1 Å². The lowest BCUT2D eigenvalue weighted by atomic mass is 9.91. The lowest BCUT2D eigenvalue weighted by molar-refractivity contribution is -0.113. The van der Waals surface area contributed by atoms with E-state index in [2.05, 4.69) is 9.98 Å². The van der Waals surface area contributed by atoms with E-state index in [0.29, 0.717) is 22.9 Å². The van der Waals surface area contributed by atoms with Crippen LogP contribution < -0.4 is 10.6 Å². The molecule has 0 bridgehead atoms. The number of fused-ring (bicyclic) bond motifs is 3. The minimum atomic E-state index is 0.0404. The largest absolute Gasteiger partial charge is 0.508 e. The van der Waals surface area contributed by atoms with Gasteiger partial charge in [0.05, 0.1) is 16.6 Å². The summed E-state index contributed by atoms with van der Waals surface area (Å²) >= 11 is 0. The first-order valence-electron chi connectivity index (χ1n) is 5.67. The quantitative estimate of drug-likeness (QED) is 0.707. The summed E-state index contributed by atoms with van der Waals surface area (Å²) in [7, 11) is 0. The molecule has 0 saturated carbocycles. The maximum absolute atomic E-state index is 12.2. The minimum Gasteiger partial charge on any atom is -0.508 e. The number of benzene rings is 1. The number of rotatable bonds is 0. The number of allylic oxidation sites excluding steroid dienone is 3. The lowest BCUT2D eigenvalue weighted by Gasteiger charge is -2.14. The number of hydrogen-bond donors (Lipinski definition) is 1. The number of ketones is 1. The Labute approximate surface area is 102 Å². The fraction of sp³-hybridized carbons (Fsp3) is 0.0714. The Balaban J connectivity index is 2.19. The molecular weight excluding hydrogens is 228 g/mol. The second kappa shape index (κ2) is 3.04. The highest BCUT2D eigenvalue weighted by Gasteiger charge is 2.31. The number of hydrogen-bond acceptors (Lipinski definition) is 4. The standard InChI is InChI=1S/C14H8N2O2/c17-8-1-2-10-9(6-8)12-11(18)5-7-3-4-15-13(7)14(12)16-10/h1-4,6,17H,5H2. The Kier molecular flexibility index (Phi) is 1.61. The molecule has 1 aliphatic carbocycles. The Morgan fingerprint density at radius 2 is 2.11 bits per heavy atom. The molecule has 1 aromatic rings. The highest BCUT2D eigenvalue weighted by Crippen LogP contribution is 2.35. The molecule has 0 radical (unpaired) electrons. The van der Waals surface area contributed by atoms with Crippen molar-refractivity contribution in [3.05, 3.63) is 51.8 Å². The van der Waals surface area contributed by atoms with Crippen LogP contribution in [0.3, 0.4) is 0 Å². The van der Waals surface area contributed by atoms with Crippen molar-refractivity contribution in [2.45, 2.75) is 6.42 Å². The van der Waals surface area contributed by atoms with Crippen molar-refractivity contribution in [1.29, 1.82) is 0 Å². The van der Waals surface area contributed by atoms with Gasteiger partial charge in [-0.05, 0) is 29.8 Å². The van der Waals surface area contributed by atoms with Crippen LogP contribution in [0.5, 0.6) is 5.75 Å². The third-order valence-electron chi connectivity index (χ3n) is 3.36. The van der Waals surface area contributed by atoms with Crippen LogP contribution >= 0.6 is 0 Å². The van der Waals surface area contributed by atoms with E-state index in [-0.39, 0.29) is 11.5 Å². The number of carbonyl (C=O) groups excluding carboxylic acids is 1. The SMILES string of the molecule is O=C1CC2=CC=NC2=C2N=c3ccc(O)cc3=C12. The normalized spacial score (nSPS) is 19.4. The third-order valence-corrected chi connectivity index (χ3v) is 3.36. The minimum absolute atomic E-state index is 0.0404. The van der Waals surface area contributed by atoms with E-state index in [4.69, 9.17) is 0 Å². The summed E-state index contributed by atoms with van der Waals surface area (Å²) in [5, 5.41) is 11.0. The molecule has 18 heavy (non-hydrogen) atoms. The van der Waals surface area contributed by atoms with Gasteiger partial charge in [0.2, 0.25) is 0 Å². The van der Waals surface area contributed by atoms with E-state index in [1.165, 1.54) is 0 Å². The van der Waals surface area contributed by atoms with E-state index in [1.54, 1.807) is 24.4 Å². The number of carbonyl (C=O) groups is 1. The Morgan fingerprint density at radius 3 is 3.00 bits per heavy atom. The van der Waals surface area contributed by atoms with Crippen LogP contribution in [0.25, 0.3) is 5.57 Å². The van der Waals surface area contributed by atoms with Gasteiger partial charge in [-0.1, -0.05) is 0 Å². The van der Waals surface area contributed by atoms with Gasteiger partial charge in [-0.15, -0.1) is 0 Å². The predicted octanol–water partition coefficient (Wildman–Crippen LogP) is 0.371. The van der Waals surface area contributed by atoms with Crippen LogP contribution in [-0.2, 0) is 4.79 Å². The first-order valence-corrected chi connectivity index (χ1v) is 5.67. The first kappa shape index (κ1) is 9.53. The zero-order chi connectivity index (χ0) is 12.3. The summed E-state index contributed by atoms with van der Waals surface area (Å²) in [6.45, 7) is 0. The van der Waals surface area contributed by atoms with Crippen molar-refractivity contribution in [2.24, 2.45) is 9.98 Å². The molecule has 0 spiro atoms. The zero-order valence-corrected chi connectivity index (χ0v) is 9.34. The van der Waals surface area contributed by atoms with Crippen molar-refractivity contribution in [3.63, 3.8) is 0 Å². The van der Waals surface area contributed by atoms with E-state index in [0.717, 1.165) is 16.6 Å². The Morgan fingerprint density at radius 1 is 1.22 bits per heavy atom. The highest BCUT2D eigenvalue weighted by molar-refractivity contribution is 6.24. The molecule has 1 N–H and O–H groups in total. The second-order valence-corrected chi connectivity index (χ2v) is 4.46. The molecule has 86 valence electrons. The summed E-state index contributed by atoms with van der Waals surface area (Å²) in [5.74, 6) is 0.186. The maximum Gasteiger partial charge on any atom is 0.170 e.